The Morgan fingerprint density at radius 3 is 1.33 bits per heavy atom. The van der Waals surface area contributed by atoms with Gasteiger partial charge in [0.2, 0.25) is 0 Å². The Morgan fingerprint density at radius 1 is 0.281 bits per heavy atom. The van der Waals surface area contributed by atoms with Gasteiger partial charge in [-0.3, -0.25) is 0 Å². The predicted molar refractivity (Wildman–Crippen MR) is 244 cm³/mol. The fraction of sp³-hybridized carbons (Fsp3) is 0. The van der Waals surface area contributed by atoms with Crippen molar-refractivity contribution < 1.29 is 0 Å². The van der Waals surface area contributed by atoms with Crippen molar-refractivity contribution in [1.82, 2.24) is 9.13 Å². The van der Waals surface area contributed by atoms with Crippen molar-refractivity contribution in [2.75, 3.05) is 0 Å². The van der Waals surface area contributed by atoms with Gasteiger partial charge >= 0.3 is 278 Å². The van der Waals surface area contributed by atoms with Crippen LogP contribution in [0.5, 0.6) is 0 Å². The van der Waals surface area contributed by atoms with E-state index in [1.54, 1.807) is 0 Å². The third kappa shape index (κ3) is 3.98. The Labute approximate surface area is 331 Å². The molecule has 0 fully saturated rings. The van der Waals surface area contributed by atoms with Gasteiger partial charge in [-0.05, 0) is 18.2 Å². The third-order valence-electron chi connectivity index (χ3n) is 13.3. The van der Waals surface area contributed by atoms with E-state index in [0.717, 1.165) is 0 Å². The van der Waals surface area contributed by atoms with Gasteiger partial charge in [0.15, 0.2) is 0 Å². The minimum Gasteiger partial charge on any atom is -0.0602 e. The predicted octanol–water partition coefficient (Wildman–Crippen LogP) is 10.6. The molecule has 2 nitrogen and oxygen atoms in total. The molecule has 0 atom stereocenters. The summed E-state index contributed by atoms with van der Waals surface area (Å²) in [6.07, 6.45) is 0. The monoisotopic (exact) mass is 739 g/mol. The summed E-state index contributed by atoms with van der Waals surface area (Å²) in [5, 5.41) is 11.3. The van der Waals surface area contributed by atoms with E-state index in [1.807, 2.05) is 0 Å². The summed E-state index contributed by atoms with van der Waals surface area (Å²) < 4.78 is 4.90. The number of para-hydroxylation sites is 3. The summed E-state index contributed by atoms with van der Waals surface area (Å²) >= 11 is 0. The fourth-order valence-corrected chi connectivity index (χ4v) is 17.7. The average Bonchev–Trinajstić information content (AvgIpc) is 3.99. The minimum absolute atomic E-state index is 1.17. The van der Waals surface area contributed by atoms with Crippen LogP contribution < -0.4 is 20.7 Å². The Balaban J connectivity index is 1.04. The molecule has 9 aromatic carbocycles. The number of aromatic nitrogens is 2. The molecule has 0 unspecified atom stereocenters. The van der Waals surface area contributed by atoms with Gasteiger partial charge in [-0.2, -0.15) is 0 Å². The second-order valence-electron chi connectivity index (χ2n) is 15.9. The molecule has 4 heterocycles. The van der Waals surface area contributed by atoms with Gasteiger partial charge in [-0.25, -0.2) is 0 Å². The molecule has 3 heteroatoms. The van der Waals surface area contributed by atoms with E-state index in [-0.39, 0.29) is 0 Å². The molecule has 0 amide bonds. The molecule has 0 radical (unpaired) electrons. The topological polar surface area (TPSA) is 9.86 Å². The van der Waals surface area contributed by atoms with Crippen molar-refractivity contribution in [2.45, 2.75) is 0 Å². The Morgan fingerprint density at radius 2 is 0.737 bits per heavy atom. The van der Waals surface area contributed by atoms with Gasteiger partial charge in [-0.15, -0.1) is 0 Å². The van der Waals surface area contributed by atoms with Gasteiger partial charge in [0, 0.05) is 5.69 Å². The second-order valence-corrected chi connectivity index (χ2v) is 20.1. The zero-order valence-corrected chi connectivity index (χ0v) is 32.3. The van der Waals surface area contributed by atoms with Crippen LogP contribution in [0.4, 0.5) is 0 Å². The van der Waals surface area contributed by atoms with E-state index >= 15 is 0 Å². The van der Waals surface area contributed by atoms with Gasteiger partial charge in [0.05, 0.1) is 0 Å². The van der Waals surface area contributed by atoms with E-state index in [0.29, 0.717) is 0 Å². The summed E-state index contributed by atoms with van der Waals surface area (Å²) in [6.45, 7) is 0. The third-order valence-corrected chi connectivity index (χ3v) is 19.0. The molecule has 1 spiro atoms. The largest absolute Gasteiger partial charge is 0.0602 e. The molecule has 0 saturated carbocycles. The summed E-state index contributed by atoms with van der Waals surface area (Å²) in [5.74, 6) is 0. The van der Waals surface area contributed by atoms with Gasteiger partial charge in [0.1, 0.15) is 0 Å². The smallest absolute Gasteiger partial charge is 0.0380 e. The number of benzene rings is 9. The van der Waals surface area contributed by atoms with Crippen molar-refractivity contribution in [1.29, 1.82) is 0 Å². The maximum Gasteiger partial charge on any atom is -0.0380 e. The zero-order valence-electron chi connectivity index (χ0n) is 31.1. The minimum atomic E-state index is -2.97. The molecule has 266 valence electrons. The molecule has 2 aliphatic heterocycles. The van der Waals surface area contributed by atoms with Gasteiger partial charge in [0.25, 0.3) is 0 Å². The van der Waals surface area contributed by atoms with Crippen LogP contribution in [-0.4, -0.2) is 17.2 Å². The molecule has 2 aromatic heterocycles. The van der Waals surface area contributed by atoms with Crippen LogP contribution in [0.25, 0.3) is 88.4 Å². The molecule has 0 aliphatic carbocycles. The summed E-state index contributed by atoms with van der Waals surface area (Å²) in [6, 6.07) is 77.4. The van der Waals surface area contributed by atoms with E-state index in [9.17, 15) is 0 Å². The van der Waals surface area contributed by atoms with Crippen LogP contribution in [0, 0.1) is 0 Å². The molecular weight excluding hydrogens is 705 g/mol. The molecule has 2 aliphatic rings. The van der Waals surface area contributed by atoms with Crippen LogP contribution in [0.3, 0.4) is 0 Å². The number of nitrogens with zero attached hydrogens (tertiary/aromatic N) is 2. The average molecular weight is 740 g/mol. The first-order valence-electron chi connectivity index (χ1n) is 20.0. The van der Waals surface area contributed by atoms with Crippen LogP contribution >= 0.6 is 0 Å². The van der Waals surface area contributed by atoms with Crippen molar-refractivity contribution in [3.05, 3.63) is 206 Å². The van der Waals surface area contributed by atoms with Crippen molar-refractivity contribution in [2.24, 2.45) is 0 Å². The maximum atomic E-state index is 2.56. The van der Waals surface area contributed by atoms with Crippen LogP contribution in [0.1, 0.15) is 0 Å². The first kappa shape index (κ1) is 31.0. The quantitative estimate of drug-likeness (QED) is 0.160. The first-order chi connectivity index (χ1) is 28.3. The number of fused-ring (bicyclic) bond motifs is 17. The molecule has 13 rings (SSSR count). The van der Waals surface area contributed by atoms with Gasteiger partial charge < -0.3 is 0 Å². The van der Waals surface area contributed by atoms with Crippen molar-refractivity contribution in [3.63, 3.8) is 0 Å². The normalized spacial score (nSPS) is 14.0. The molecule has 0 bridgehead atoms. The Bertz CT molecular complexity index is 3410. The van der Waals surface area contributed by atoms with E-state index in [1.165, 1.54) is 109 Å². The van der Waals surface area contributed by atoms with E-state index in [4.69, 9.17) is 0 Å². The standard InChI is InChI=1S/C54H35N2Si/c1-2-16-37(17-3-1)55-45-24-9-4-22-43(45)53-47(55)31-32-48-54(53)44-23-5-10-25-46(44)56(48)38-18-14-15-35(33-38)36-29-30-42-41-21-8-13-28-51(41)57(52(42)34-36)49-26-11-6-19-39(49)40-20-7-12-27-50(40)57/h1-34,57H/q-1. The maximum absolute atomic E-state index is 2.97. The van der Waals surface area contributed by atoms with Crippen LogP contribution in [0.15, 0.2) is 206 Å². The Kier molecular flexibility index (Phi) is 6.22. The van der Waals surface area contributed by atoms with Gasteiger partial charge in [-0.1, -0.05) is 30.3 Å². The summed E-state index contributed by atoms with van der Waals surface area (Å²) in [4.78, 5) is 0. The molecule has 0 saturated heterocycles. The Hall–Kier alpha value is -7.20. The molecular formula is C54H35N2Si-. The van der Waals surface area contributed by atoms with Crippen molar-refractivity contribution >= 4 is 72.4 Å². The number of hydrogen-bond acceptors (Lipinski definition) is 0. The second kappa shape index (κ2) is 11.4. The van der Waals surface area contributed by atoms with E-state index < -0.39 is 8.07 Å². The zero-order chi connectivity index (χ0) is 37.2. The molecule has 0 N–H and O–H groups in total. The molecule has 11 aromatic rings. The fourth-order valence-electron chi connectivity index (χ4n) is 11.2. The van der Waals surface area contributed by atoms with E-state index in [2.05, 4.69) is 215 Å². The number of hydrogen-bond donors (Lipinski definition) is 0. The molecule has 57 heavy (non-hydrogen) atoms. The van der Waals surface area contributed by atoms with Crippen LogP contribution in [0.2, 0.25) is 0 Å². The number of rotatable bonds is 3. The summed E-state index contributed by atoms with van der Waals surface area (Å²) in [5.41, 5.74) is 15.3. The van der Waals surface area contributed by atoms with Crippen molar-refractivity contribution in [3.8, 4) is 44.8 Å². The SMILES string of the molecule is c1ccc(-n2c3ccccc3c3c4c5ccccc5n(-c5cccc(-c6ccc7c(c6)[SiH-]6(c8ccccc8-c8ccccc86)c6ccccc6-7)c5)c4ccc32)cc1. The first-order valence-corrected chi connectivity index (χ1v) is 22.3. The summed E-state index contributed by atoms with van der Waals surface area (Å²) in [7, 11) is -2.97. The van der Waals surface area contributed by atoms with Crippen LogP contribution in [-0.2, 0) is 0 Å².